The van der Waals surface area contributed by atoms with E-state index in [0.717, 1.165) is 44.2 Å². The number of alkyl halides is 2. The predicted molar refractivity (Wildman–Crippen MR) is 105 cm³/mol. The Bertz CT molecular complexity index is 610. The minimum absolute atomic E-state index is 0.0285. The van der Waals surface area contributed by atoms with E-state index in [-0.39, 0.29) is 5.75 Å². The highest BCUT2D eigenvalue weighted by Crippen LogP contribution is 2.30. The summed E-state index contributed by atoms with van der Waals surface area (Å²) >= 11 is 0. The van der Waals surface area contributed by atoms with Crippen molar-refractivity contribution in [2.24, 2.45) is 10.9 Å². The Labute approximate surface area is 165 Å². The molecule has 2 N–H and O–H groups in total. The number of rotatable bonds is 13. The first-order chi connectivity index (χ1) is 13.6. The van der Waals surface area contributed by atoms with Gasteiger partial charge in [0.1, 0.15) is 0 Å². The average molecular weight is 399 g/mol. The smallest absolute Gasteiger partial charge is 0.387 e. The number of guanidine groups is 1. The summed E-state index contributed by atoms with van der Waals surface area (Å²) in [4.78, 5) is 4.54. The minimum Gasteiger partial charge on any atom is -0.490 e. The third-order valence-electron chi connectivity index (χ3n) is 4.10. The third-order valence-corrected chi connectivity index (χ3v) is 4.10. The summed E-state index contributed by atoms with van der Waals surface area (Å²) in [7, 11) is 0. The van der Waals surface area contributed by atoms with Crippen LogP contribution in [0.1, 0.15) is 38.7 Å². The topological polar surface area (TPSA) is 64.1 Å². The molecule has 1 aliphatic rings. The molecule has 0 aliphatic heterocycles. The first-order valence-electron chi connectivity index (χ1n) is 9.92. The van der Waals surface area contributed by atoms with Crippen molar-refractivity contribution in [3.8, 4) is 11.5 Å². The fourth-order valence-corrected chi connectivity index (χ4v) is 2.54. The molecule has 0 amide bonds. The fraction of sp³-hybridized carbons (Fsp3) is 0.650. The number of nitrogens with zero attached hydrogens (tertiary/aromatic N) is 1. The number of halogens is 2. The van der Waals surface area contributed by atoms with Crippen LogP contribution < -0.4 is 20.1 Å². The van der Waals surface area contributed by atoms with E-state index in [0.29, 0.717) is 24.9 Å². The maximum Gasteiger partial charge on any atom is 0.387 e. The van der Waals surface area contributed by atoms with Crippen molar-refractivity contribution in [2.45, 2.75) is 46.3 Å². The van der Waals surface area contributed by atoms with E-state index in [1.807, 2.05) is 6.92 Å². The molecule has 2 rings (SSSR count). The second-order valence-corrected chi connectivity index (χ2v) is 6.59. The van der Waals surface area contributed by atoms with E-state index in [2.05, 4.69) is 20.4 Å². The Kier molecular flexibility index (Phi) is 9.82. The molecule has 0 unspecified atom stereocenters. The van der Waals surface area contributed by atoms with Crippen LogP contribution in [0, 0.1) is 5.92 Å². The lowest BCUT2D eigenvalue weighted by Crippen LogP contribution is -2.38. The van der Waals surface area contributed by atoms with Crippen LogP contribution in [0.4, 0.5) is 8.78 Å². The van der Waals surface area contributed by atoms with Gasteiger partial charge in [-0.1, -0.05) is 6.07 Å². The largest absolute Gasteiger partial charge is 0.490 e. The summed E-state index contributed by atoms with van der Waals surface area (Å²) in [6, 6.07) is 4.87. The molecule has 0 saturated heterocycles. The molecule has 8 heteroatoms. The van der Waals surface area contributed by atoms with E-state index in [1.165, 1.54) is 18.9 Å². The summed E-state index contributed by atoms with van der Waals surface area (Å²) < 4.78 is 40.5. The van der Waals surface area contributed by atoms with E-state index in [1.54, 1.807) is 19.1 Å². The molecule has 1 fully saturated rings. The molecule has 0 spiro atoms. The van der Waals surface area contributed by atoms with Gasteiger partial charge in [-0.15, -0.1) is 0 Å². The van der Waals surface area contributed by atoms with Crippen LogP contribution >= 0.6 is 0 Å². The van der Waals surface area contributed by atoms with Gasteiger partial charge in [0.2, 0.25) is 0 Å². The molecule has 0 bridgehead atoms. The number of hydrogen-bond donors (Lipinski definition) is 2. The van der Waals surface area contributed by atoms with Crippen LogP contribution in [-0.4, -0.2) is 45.5 Å². The number of benzene rings is 1. The molecular weight excluding hydrogens is 368 g/mol. The lowest BCUT2D eigenvalue weighted by molar-refractivity contribution is -0.0514. The maximum absolute atomic E-state index is 12.5. The normalized spacial score (nSPS) is 14.2. The highest BCUT2D eigenvalue weighted by molar-refractivity contribution is 5.79. The number of nitrogens with one attached hydrogen (secondary N) is 2. The standard InChI is InChI=1S/C20H31F2N3O3/c1-3-23-20(24-10-5-11-26-14-15-6-7-15)25-13-16-8-9-17(28-19(21)22)18(12-16)27-4-2/h8-9,12,15,19H,3-7,10-11,13-14H2,1-2H3,(H2,23,24,25). The maximum atomic E-state index is 12.5. The number of hydrogen-bond acceptors (Lipinski definition) is 4. The zero-order chi connectivity index (χ0) is 20.2. The molecule has 0 heterocycles. The second kappa shape index (κ2) is 12.4. The molecule has 1 saturated carbocycles. The number of ether oxygens (including phenoxy) is 3. The van der Waals surface area contributed by atoms with Crippen molar-refractivity contribution in [1.82, 2.24) is 10.6 Å². The fourth-order valence-electron chi connectivity index (χ4n) is 2.54. The Morgan fingerprint density at radius 3 is 2.71 bits per heavy atom. The van der Waals surface area contributed by atoms with Crippen LogP contribution in [0.15, 0.2) is 23.2 Å². The molecule has 28 heavy (non-hydrogen) atoms. The molecule has 0 radical (unpaired) electrons. The van der Waals surface area contributed by atoms with Crippen molar-refractivity contribution in [3.05, 3.63) is 23.8 Å². The Hall–Kier alpha value is -2.09. The van der Waals surface area contributed by atoms with Crippen molar-refractivity contribution < 1.29 is 23.0 Å². The second-order valence-electron chi connectivity index (χ2n) is 6.59. The van der Waals surface area contributed by atoms with E-state index >= 15 is 0 Å². The van der Waals surface area contributed by atoms with Crippen molar-refractivity contribution in [3.63, 3.8) is 0 Å². The first-order valence-corrected chi connectivity index (χ1v) is 9.92. The molecule has 1 aliphatic carbocycles. The van der Waals surface area contributed by atoms with Gasteiger partial charge < -0.3 is 24.8 Å². The van der Waals surface area contributed by atoms with Gasteiger partial charge in [0.15, 0.2) is 17.5 Å². The highest BCUT2D eigenvalue weighted by atomic mass is 19.3. The molecule has 1 aromatic rings. The van der Waals surface area contributed by atoms with Crippen molar-refractivity contribution >= 4 is 5.96 Å². The zero-order valence-corrected chi connectivity index (χ0v) is 16.7. The lowest BCUT2D eigenvalue weighted by atomic mass is 10.2. The molecule has 6 nitrogen and oxygen atoms in total. The Morgan fingerprint density at radius 2 is 2.04 bits per heavy atom. The summed E-state index contributed by atoms with van der Waals surface area (Å²) in [5.41, 5.74) is 0.843. The van der Waals surface area contributed by atoms with E-state index < -0.39 is 6.61 Å². The van der Waals surface area contributed by atoms with Crippen LogP contribution in [0.25, 0.3) is 0 Å². The van der Waals surface area contributed by atoms with Gasteiger partial charge in [-0.05, 0) is 56.7 Å². The SMILES string of the molecule is CCNC(=NCc1ccc(OC(F)F)c(OCC)c1)NCCCOCC1CC1. The lowest BCUT2D eigenvalue weighted by Gasteiger charge is -2.13. The van der Waals surface area contributed by atoms with E-state index in [9.17, 15) is 8.78 Å². The zero-order valence-electron chi connectivity index (χ0n) is 16.7. The molecular formula is C20H31F2N3O3. The third kappa shape index (κ3) is 8.73. The average Bonchev–Trinajstić information content (AvgIpc) is 3.48. The van der Waals surface area contributed by atoms with Gasteiger partial charge in [0.05, 0.1) is 13.2 Å². The van der Waals surface area contributed by atoms with Gasteiger partial charge in [-0.25, -0.2) is 4.99 Å². The highest BCUT2D eigenvalue weighted by Gasteiger charge is 2.20. The van der Waals surface area contributed by atoms with Gasteiger partial charge in [0, 0.05) is 26.3 Å². The van der Waals surface area contributed by atoms with Crippen molar-refractivity contribution in [1.29, 1.82) is 0 Å². The Morgan fingerprint density at radius 1 is 1.21 bits per heavy atom. The van der Waals surface area contributed by atoms with Crippen LogP contribution in [-0.2, 0) is 11.3 Å². The van der Waals surface area contributed by atoms with E-state index in [4.69, 9.17) is 9.47 Å². The Balaban J connectivity index is 1.84. The van der Waals surface area contributed by atoms with Gasteiger partial charge in [-0.3, -0.25) is 0 Å². The van der Waals surface area contributed by atoms with Gasteiger partial charge >= 0.3 is 6.61 Å². The monoisotopic (exact) mass is 399 g/mol. The minimum atomic E-state index is -2.89. The van der Waals surface area contributed by atoms with Crippen LogP contribution in [0.2, 0.25) is 0 Å². The molecule has 0 aromatic heterocycles. The van der Waals surface area contributed by atoms with Crippen LogP contribution in [0.5, 0.6) is 11.5 Å². The van der Waals surface area contributed by atoms with Crippen LogP contribution in [0.3, 0.4) is 0 Å². The first kappa shape index (κ1) is 22.2. The predicted octanol–water partition coefficient (Wildman–Crippen LogP) is 3.56. The summed E-state index contributed by atoms with van der Waals surface area (Å²) in [6.07, 6.45) is 3.51. The quantitative estimate of drug-likeness (QED) is 0.302. The summed E-state index contributed by atoms with van der Waals surface area (Å²) in [5, 5.41) is 6.47. The number of aliphatic imine (C=N–C) groups is 1. The van der Waals surface area contributed by atoms with Crippen molar-refractivity contribution in [2.75, 3.05) is 32.9 Å². The summed E-state index contributed by atoms with van der Waals surface area (Å²) in [6.45, 7) is 4.78. The molecule has 158 valence electrons. The molecule has 1 aromatic carbocycles. The molecule has 0 atom stereocenters. The van der Waals surface area contributed by atoms with Gasteiger partial charge in [0.25, 0.3) is 0 Å². The van der Waals surface area contributed by atoms with Gasteiger partial charge in [-0.2, -0.15) is 8.78 Å². The summed E-state index contributed by atoms with van der Waals surface area (Å²) in [5.74, 6) is 1.81.